The Morgan fingerprint density at radius 2 is 1.60 bits per heavy atom. The van der Waals surface area contributed by atoms with E-state index in [0.717, 1.165) is 38.9 Å². The number of Topliss-reactive ketones (excluding diaryl/α,β-unsaturated/α-hetero) is 1. The summed E-state index contributed by atoms with van der Waals surface area (Å²) >= 11 is 0. The van der Waals surface area contributed by atoms with Crippen molar-refractivity contribution in [3.63, 3.8) is 0 Å². The van der Waals surface area contributed by atoms with Crippen LogP contribution in [0, 0.1) is 0 Å². The fourth-order valence-electron chi connectivity index (χ4n) is 1.70. The maximum Gasteiger partial charge on any atom is 0.134 e. The standard InChI is InChI=1S/C13H27NO/c1-4-7-8-9-10-13(15)11-12-14(5-2)6-3/h4-12H2,1-3H3. The van der Waals surface area contributed by atoms with Crippen molar-refractivity contribution < 1.29 is 4.79 Å². The summed E-state index contributed by atoms with van der Waals surface area (Å²) in [4.78, 5) is 13.8. The van der Waals surface area contributed by atoms with Gasteiger partial charge in [-0.2, -0.15) is 0 Å². The average molecular weight is 213 g/mol. The lowest BCUT2D eigenvalue weighted by Gasteiger charge is -2.16. The number of carbonyl (C=O) groups excluding carboxylic acids is 1. The van der Waals surface area contributed by atoms with E-state index in [1.165, 1.54) is 19.3 Å². The highest BCUT2D eigenvalue weighted by molar-refractivity contribution is 5.78. The van der Waals surface area contributed by atoms with Crippen LogP contribution in [0.25, 0.3) is 0 Å². The van der Waals surface area contributed by atoms with Gasteiger partial charge in [-0.3, -0.25) is 4.79 Å². The van der Waals surface area contributed by atoms with Crippen molar-refractivity contribution in [1.82, 2.24) is 4.90 Å². The second-order valence-electron chi connectivity index (χ2n) is 4.13. The number of hydrogen-bond donors (Lipinski definition) is 0. The molecule has 0 heterocycles. The summed E-state index contributed by atoms with van der Waals surface area (Å²) in [6.07, 6.45) is 6.35. The van der Waals surface area contributed by atoms with E-state index in [4.69, 9.17) is 0 Å². The smallest absolute Gasteiger partial charge is 0.134 e. The van der Waals surface area contributed by atoms with Gasteiger partial charge in [0, 0.05) is 19.4 Å². The van der Waals surface area contributed by atoms with Crippen LogP contribution in [0.3, 0.4) is 0 Å². The van der Waals surface area contributed by atoms with Crippen LogP contribution in [-0.2, 0) is 4.79 Å². The highest BCUT2D eigenvalue weighted by atomic mass is 16.1. The molecular weight excluding hydrogens is 186 g/mol. The Balaban J connectivity index is 3.40. The molecule has 15 heavy (non-hydrogen) atoms. The molecule has 0 rings (SSSR count). The summed E-state index contributed by atoms with van der Waals surface area (Å²) < 4.78 is 0. The monoisotopic (exact) mass is 213 g/mol. The van der Waals surface area contributed by atoms with E-state index in [9.17, 15) is 4.79 Å². The van der Waals surface area contributed by atoms with Gasteiger partial charge in [0.1, 0.15) is 5.78 Å². The van der Waals surface area contributed by atoms with Gasteiger partial charge in [-0.15, -0.1) is 0 Å². The molecule has 2 heteroatoms. The van der Waals surface area contributed by atoms with Crippen LogP contribution >= 0.6 is 0 Å². The molecule has 0 spiro atoms. The van der Waals surface area contributed by atoms with E-state index >= 15 is 0 Å². The van der Waals surface area contributed by atoms with Gasteiger partial charge in [0.2, 0.25) is 0 Å². The molecule has 0 N–H and O–H groups in total. The second-order valence-corrected chi connectivity index (χ2v) is 4.13. The minimum atomic E-state index is 0.443. The fraction of sp³-hybridized carbons (Fsp3) is 0.923. The molecule has 0 aromatic heterocycles. The first kappa shape index (κ1) is 14.6. The Bertz CT molecular complexity index is 153. The van der Waals surface area contributed by atoms with E-state index in [2.05, 4.69) is 25.7 Å². The summed E-state index contributed by atoms with van der Waals surface area (Å²) in [6, 6.07) is 0. The molecule has 0 amide bonds. The highest BCUT2D eigenvalue weighted by Gasteiger charge is 2.04. The number of unbranched alkanes of at least 4 members (excludes halogenated alkanes) is 3. The van der Waals surface area contributed by atoms with Crippen LogP contribution in [0.4, 0.5) is 0 Å². The second kappa shape index (κ2) is 10.2. The summed E-state index contributed by atoms with van der Waals surface area (Å²) in [7, 11) is 0. The van der Waals surface area contributed by atoms with Crippen LogP contribution in [0.5, 0.6) is 0 Å². The molecule has 0 bridgehead atoms. The maximum absolute atomic E-state index is 11.5. The van der Waals surface area contributed by atoms with Crippen LogP contribution in [-0.4, -0.2) is 30.3 Å². The predicted octanol–water partition coefficient (Wildman–Crippen LogP) is 3.26. The molecule has 0 aromatic carbocycles. The molecule has 90 valence electrons. The minimum absolute atomic E-state index is 0.443. The summed E-state index contributed by atoms with van der Waals surface area (Å²) in [5, 5.41) is 0. The number of ketones is 1. The molecule has 0 aliphatic heterocycles. The average Bonchev–Trinajstić information content (AvgIpc) is 2.26. The van der Waals surface area contributed by atoms with Crippen molar-refractivity contribution >= 4 is 5.78 Å². The van der Waals surface area contributed by atoms with Gasteiger partial charge < -0.3 is 4.90 Å². The van der Waals surface area contributed by atoms with Gasteiger partial charge in [-0.25, -0.2) is 0 Å². The molecule has 0 atom stereocenters. The molecule has 0 unspecified atom stereocenters. The zero-order chi connectivity index (χ0) is 11.5. The largest absolute Gasteiger partial charge is 0.303 e. The van der Waals surface area contributed by atoms with Gasteiger partial charge in [0.25, 0.3) is 0 Å². The van der Waals surface area contributed by atoms with E-state index in [1.807, 2.05) is 0 Å². The predicted molar refractivity (Wildman–Crippen MR) is 66.2 cm³/mol. The molecule has 0 aliphatic carbocycles. The number of nitrogens with zero attached hydrogens (tertiary/aromatic N) is 1. The minimum Gasteiger partial charge on any atom is -0.303 e. The highest BCUT2D eigenvalue weighted by Crippen LogP contribution is 2.05. The lowest BCUT2D eigenvalue weighted by molar-refractivity contribution is -0.119. The fourth-order valence-corrected chi connectivity index (χ4v) is 1.70. The van der Waals surface area contributed by atoms with Gasteiger partial charge in [0.05, 0.1) is 0 Å². The molecule has 2 nitrogen and oxygen atoms in total. The maximum atomic E-state index is 11.5. The Kier molecular flexibility index (Phi) is 9.91. The van der Waals surface area contributed by atoms with Crippen LogP contribution < -0.4 is 0 Å². The van der Waals surface area contributed by atoms with E-state index < -0.39 is 0 Å². The first-order chi connectivity index (χ1) is 7.24. The Morgan fingerprint density at radius 1 is 0.933 bits per heavy atom. The van der Waals surface area contributed by atoms with Crippen molar-refractivity contribution in [2.75, 3.05) is 19.6 Å². The third-order valence-corrected chi connectivity index (χ3v) is 2.91. The number of rotatable bonds is 10. The molecule has 0 fully saturated rings. The van der Waals surface area contributed by atoms with Crippen LogP contribution in [0.1, 0.15) is 59.3 Å². The normalized spacial score (nSPS) is 10.9. The Labute approximate surface area is 95.0 Å². The lowest BCUT2D eigenvalue weighted by Crippen LogP contribution is -2.25. The third kappa shape index (κ3) is 8.61. The van der Waals surface area contributed by atoms with Crippen molar-refractivity contribution in [3.05, 3.63) is 0 Å². The number of hydrogen-bond acceptors (Lipinski definition) is 2. The van der Waals surface area contributed by atoms with Crippen molar-refractivity contribution in [1.29, 1.82) is 0 Å². The zero-order valence-electron chi connectivity index (χ0n) is 10.7. The van der Waals surface area contributed by atoms with Crippen LogP contribution in [0.2, 0.25) is 0 Å². The molecular formula is C13H27NO. The Hall–Kier alpha value is -0.370. The quantitative estimate of drug-likeness (QED) is 0.519. The number of carbonyl (C=O) groups is 1. The third-order valence-electron chi connectivity index (χ3n) is 2.91. The van der Waals surface area contributed by atoms with E-state index in [0.29, 0.717) is 5.78 Å². The van der Waals surface area contributed by atoms with E-state index in [1.54, 1.807) is 0 Å². The molecule has 0 aliphatic rings. The molecule has 0 saturated heterocycles. The summed E-state index contributed by atoms with van der Waals surface area (Å²) in [5.41, 5.74) is 0. The van der Waals surface area contributed by atoms with Gasteiger partial charge in [-0.05, 0) is 19.5 Å². The topological polar surface area (TPSA) is 20.3 Å². The molecule has 0 aromatic rings. The lowest BCUT2D eigenvalue weighted by atomic mass is 10.1. The van der Waals surface area contributed by atoms with Gasteiger partial charge in [0.15, 0.2) is 0 Å². The van der Waals surface area contributed by atoms with Gasteiger partial charge in [-0.1, -0.05) is 40.0 Å². The molecule has 0 saturated carbocycles. The van der Waals surface area contributed by atoms with Crippen molar-refractivity contribution in [2.45, 2.75) is 59.3 Å². The summed E-state index contributed by atoms with van der Waals surface area (Å²) in [5.74, 6) is 0.443. The van der Waals surface area contributed by atoms with Gasteiger partial charge >= 0.3 is 0 Å². The summed E-state index contributed by atoms with van der Waals surface area (Å²) in [6.45, 7) is 9.55. The SMILES string of the molecule is CCCCCCC(=O)CCN(CC)CC. The van der Waals surface area contributed by atoms with Crippen molar-refractivity contribution in [2.24, 2.45) is 0 Å². The van der Waals surface area contributed by atoms with E-state index in [-0.39, 0.29) is 0 Å². The first-order valence-electron chi connectivity index (χ1n) is 6.48. The zero-order valence-corrected chi connectivity index (χ0v) is 10.7. The molecule has 0 radical (unpaired) electrons. The van der Waals surface area contributed by atoms with Crippen LogP contribution in [0.15, 0.2) is 0 Å². The van der Waals surface area contributed by atoms with Crippen molar-refractivity contribution in [3.8, 4) is 0 Å². The Morgan fingerprint density at radius 3 is 2.13 bits per heavy atom. The first-order valence-corrected chi connectivity index (χ1v) is 6.48.